The molecule has 1 aromatic carbocycles. The summed E-state index contributed by atoms with van der Waals surface area (Å²) in [5, 5.41) is 9.08. The lowest BCUT2D eigenvalue weighted by atomic mass is 10.2. The molecule has 0 atom stereocenters. The third kappa shape index (κ3) is 3.37. The van der Waals surface area contributed by atoms with Crippen LogP contribution in [0.2, 0.25) is 10.6 Å². The van der Waals surface area contributed by atoms with Crippen molar-refractivity contribution in [1.29, 1.82) is 0 Å². The molecule has 86 valence electrons. The van der Waals surface area contributed by atoms with Crippen LogP contribution in [0.3, 0.4) is 0 Å². The number of benzene rings is 1. The first-order valence-electron chi connectivity index (χ1n) is 4.54. The van der Waals surface area contributed by atoms with E-state index in [9.17, 15) is 0 Å². The van der Waals surface area contributed by atoms with Crippen LogP contribution in [-0.2, 0) is 0 Å². The number of nitrogens with zero attached hydrogens (tertiary/aromatic N) is 4. The SMILES string of the molecule is Oc1ccc(/C=N/c2nc(Cl)nc(Cl)n2)cc1. The highest BCUT2D eigenvalue weighted by atomic mass is 35.5. The van der Waals surface area contributed by atoms with E-state index in [4.69, 9.17) is 28.3 Å². The van der Waals surface area contributed by atoms with E-state index < -0.39 is 0 Å². The molecular formula is C10H6Cl2N4O. The van der Waals surface area contributed by atoms with Gasteiger partial charge >= 0.3 is 0 Å². The predicted octanol–water partition coefficient (Wildman–Crippen LogP) is 2.63. The van der Waals surface area contributed by atoms with Crippen LogP contribution in [0.5, 0.6) is 5.75 Å². The van der Waals surface area contributed by atoms with Crippen LogP contribution in [0, 0.1) is 0 Å². The van der Waals surface area contributed by atoms with Gasteiger partial charge in [0.25, 0.3) is 5.95 Å². The van der Waals surface area contributed by atoms with E-state index in [1.165, 1.54) is 6.21 Å². The first kappa shape index (κ1) is 11.8. The quantitative estimate of drug-likeness (QED) is 0.850. The fourth-order valence-corrected chi connectivity index (χ4v) is 1.42. The first-order valence-corrected chi connectivity index (χ1v) is 5.29. The zero-order valence-electron chi connectivity index (χ0n) is 8.38. The van der Waals surface area contributed by atoms with Gasteiger partial charge in [0, 0.05) is 6.21 Å². The van der Waals surface area contributed by atoms with Crippen LogP contribution >= 0.6 is 23.2 Å². The van der Waals surface area contributed by atoms with E-state index in [-0.39, 0.29) is 22.3 Å². The molecule has 0 bridgehead atoms. The van der Waals surface area contributed by atoms with Gasteiger partial charge in [-0.1, -0.05) is 0 Å². The van der Waals surface area contributed by atoms with E-state index in [0.717, 1.165) is 5.56 Å². The molecule has 0 spiro atoms. The lowest BCUT2D eigenvalue weighted by Gasteiger charge is -1.95. The summed E-state index contributed by atoms with van der Waals surface area (Å²) < 4.78 is 0. The van der Waals surface area contributed by atoms with E-state index in [1.807, 2.05) is 0 Å². The molecule has 17 heavy (non-hydrogen) atoms. The molecule has 0 saturated heterocycles. The zero-order valence-corrected chi connectivity index (χ0v) is 9.89. The number of hydrogen-bond donors (Lipinski definition) is 1. The molecule has 5 nitrogen and oxygen atoms in total. The Bertz CT molecular complexity index is 536. The summed E-state index contributed by atoms with van der Waals surface area (Å²) in [6.07, 6.45) is 1.53. The van der Waals surface area contributed by atoms with Crippen LogP contribution < -0.4 is 0 Å². The molecule has 0 aliphatic heterocycles. The number of halogens is 2. The second kappa shape index (κ2) is 5.07. The van der Waals surface area contributed by atoms with Crippen molar-refractivity contribution in [3.63, 3.8) is 0 Å². The molecule has 0 fully saturated rings. The maximum atomic E-state index is 9.10. The van der Waals surface area contributed by atoms with E-state index >= 15 is 0 Å². The molecule has 1 N–H and O–H groups in total. The zero-order chi connectivity index (χ0) is 12.3. The van der Waals surface area contributed by atoms with Crippen LogP contribution in [0.15, 0.2) is 29.3 Å². The highest BCUT2D eigenvalue weighted by molar-refractivity contribution is 6.31. The monoisotopic (exact) mass is 268 g/mol. The van der Waals surface area contributed by atoms with Gasteiger partial charge in [0.2, 0.25) is 10.6 Å². The fraction of sp³-hybridized carbons (Fsp3) is 0. The van der Waals surface area contributed by atoms with Gasteiger partial charge in [-0.2, -0.15) is 15.0 Å². The summed E-state index contributed by atoms with van der Waals surface area (Å²) >= 11 is 11.2. The van der Waals surface area contributed by atoms with Crippen molar-refractivity contribution in [2.24, 2.45) is 4.99 Å². The van der Waals surface area contributed by atoms with Gasteiger partial charge in [-0.25, -0.2) is 4.99 Å². The Labute approximate surface area is 107 Å². The van der Waals surface area contributed by atoms with Crippen molar-refractivity contribution in [3.8, 4) is 5.75 Å². The molecule has 0 radical (unpaired) electrons. The summed E-state index contributed by atoms with van der Waals surface area (Å²) in [4.78, 5) is 15.1. The number of aliphatic imine (C=N–C) groups is 1. The Morgan fingerprint density at radius 1 is 1.00 bits per heavy atom. The third-order valence-corrected chi connectivity index (χ3v) is 2.13. The van der Waals surface area contributed by atoms with Crippen molar-refractivity contribution in [1.82, 2.24) is 15.0 Å². The van der Waals surface area contributed by atoms with Crippen LogP contribution in [-0.4, -0.2) is 26.3 Å². The summed E-state index contributed by atoms with van der Waals surface area (Å²) in [6, 6.07) is 6.50. The van der Waals surface area contributed by atoms with Gasteiger partial charge in [-0.3, -0.25) is 0 Å². The van der Waals surface area contributed by atoms with Crippen LogP contribution in [0.4, 0.5) is 5.95 Å². The Hall–Kier alpha value is -1.72. The van der Waals surface area contributed by atoms with Gasteiger partial charge in [0.05, 0.1) is 0 Å². The maximum absolute atomic E-state index is 9.10. The normalized spacial score (nSPS) is 10.9. The van der Waals surface area contributed by atoms with Gasteiger partial charge in [0.1, 0.15) is 5.75 Å². The Morgan fingerprint density at radius 3 is 2.18 bits per heavy atom. The molecule has 7 heteroatoms. The van der Waals surface area contributed by atoms with Crippen molar-refractivity contribution in [2.75, 3.05) is 0 Å². The van der Waals surface area contributed by atoms with Gasteiger partial charge in [0.15, 0.2) is 0 Å². The molecular weight excluding hydrogens is 263 g/mol. The van der Waals surface area contributed by atoms with E-state index in [2.05, 4.69) is 19.9 Å². The lowest BCUT2D eigenvalue weighted by molar-refractivity contribution is 0.475. The summed E-state index contributed by atoms with van der Waals surface area (Å²) in [7, 11) is 0. The number of aromatic hydroxyl groups is 1. The lowest BCUT2D eigenvalue weighted by Crippen LogP contribution is -1.89. The molecule has 2 aromatic rings. The molecule has 2 rings (SSSR count). The van der Waals surface area contributed by atoms with E-state index in [0.29, 0.717) is 0 Å². The molecule has 0 saturated carbocycles. The smallest absolute Gasteiger partial charge is 0.254 e. The van der Waals surface area contributed by atoms with Gasteiger partial charge < -0.3 is 5.11 Å². The largest absolute Gasteiger partial charge is 0.508 e. The number of phenolic OH excluding ortho intramolecular Hbond substituents is 1. The molecule has 0 unspecified atom stereocenters. The minimum atomic E-state index is -0.0112. The molecule has 0 aliphatic rings. The average molecular weight is 269 g/mol. The highest BCUT2D eigenvalue weighted by Crippen LogP contribution is 2.13. The topological polar surface area (TPSA) is 71.3 Å². The second-order valence-corrected chi connectivity index (χ2v) is 3.70. The number of hydrogen-bond acceptors (Lipinski definition) is 5. The summed E-state index contributed by atoms with van der Waals surface area (Å²) in [6.45, 7) is 0. The fourth-order valence-electron chi connectivity index (χ4n) is 1.07. The third-order valence-electron chi connectivity index (χ3n) is 1.79. The minimum Gasteiger partial charge on any atom is -0.508 e. The average Bonchev–Trinajstić information content (AvgIpc) is 2.27. The van der Waals surface area contributed by atoms with Gasteiger partial charge in [-0.05, 0) is 53.0 Å². The predicted molar refractivity (Wildman–Crippen MR) is 65.2 cm³/mol. The second-order valence-electron chi connectivity index (χ2n) is 3.02. The van der Waals surface area contributed by atoms with Gasteiger partial charge in [-0.15, -0.1) is 0 Å². The maximum Gasteiger partial charge on any atom is 0.254 e. The van der Waals surface area contributed by atoms with Crippen LogP contribution in [0.1, 0.15) is 5.56 Å². The Balaban J connectivity index is 2.22. The summed E-state index contributed by atoms with van der Waals surface area (Å²) in [5.74, 6) is 0.316. The number of rotatable bonds is 2. The molecule has 1 heterocycles. The standard InChI is InChI=1S/C10H6Cl2N4O/c11-8-14-9(12)16-10(15-8)13-5-6-1-3-7(17)4-2-6/h1-5,17H/b13-5+. The van der Waals surface area contributed by atoms with Crippen molar-refractivity contribution in [2.45, 2.75) is 0 Å². The number of phenols is 1. The molecule has 0 amide bonds. The minimum absolute atomic E-state index is 0.0112. The van der Waals surface area contributed by atoms with E-state index in [1.54, 1.807) is 24.3 Å². The summed E-state index contributed by atoms with van der Waals surface area (Å²) in [5.41, 5.74) is 0.787. The highest BCUT2D eigenvalue weighted by Gasteiger charge is 2.00. The number of aromatic nitrogens is 3. The van der Waals surface area contributed by atoms with Crippen molar-refractivity contribution in [3.05, 3.63) is 40.4 Å². The first-order chi connectivity index (χ1) is 8.13. The van der Waals surface area contributed by atoms with Crippen molar-refractivity contribution < 1.29 is 5.11 Å². The Kier molecular flexibility index (Phi) is 3.51. The molecule has 1 aromatic heterocycles. The Morgan fingerprint density at radius 2 is 1.59 bits per heavy atom. The van der Waals surface area contributed by atoms with Crippen LogP contribution in [0.25, 0.3) is 0 Å². The molecule has 0 aliphatic carbocycles. The van der Waals surface area contributed by atoms with Crippen molar-refractivity contribution >= 4 is 35.4 Å².